The van der Waals surface area contributed by atoms with E-state index in [2.05, 4.69) is 5.32 Å². The fraction of sp³-hybridized carbons (Fsp3) is 0.500. The van der Waals surface area contributed by atoms with Crippen molar-refractivity contribution in [3.63, 3.8) is 0 Å². The zero-order valence-electron chi connectivity index (χ0n) is 14.0. The third kappa shape index (κ3) is 5.73. The Morgan fingerprint density at radius 2 is 2.00 bits per heavy atom. The van der Waals surface area contributed by atoms with Crippen molar-refractivity contribution in [2.24, 2.45) is 0 Å². The molecule has 1 rings (SSSR count). The van der Waals surface area contributed by atoms with Gasteiger partial charge in [0.05, 0.1) is 14.2 Å². The fourth-order valence-corrected chi connectivity index (χ4v) is 1.91. The molecule has 0 aliphatic rings. The molecule has 0 spiro atoms. The Morgan fingerprint density at radius 3 is 2.59 bits per heavy atom. The standard InChI is InChI=1S/C16H25N3O3/c1-12(2)19(4)16(21)11-18(3)10-15(20)17-13-7-6-8-14(9-13)22-5/h6-9,12H,10-11H2,1-5H3,(H,17,20)/p+1. The molecule has 1 unspecified atom stereocenters. The molecule has 2 N–H and O–H groups in total. The summed E-state index contributed by atoms with van der Waals surface area (Å²) in [6.07, 6.45) is 0. The number of rotatable bonds is 7. The average Bonchev–Trinajstić information content (AvgIpc) is 2.45. The van der Waals surface area contributed by atoms with Crippen molar-refractivity contribution in [3.8, 4) is 5.75 Å². The molecule has 0 radical (unpaired) electrons. The van der Waals surface area contributed by atoms with Crippen molar-refractivity contribution in [3.05, 3.63) is 24.3 Å². The van der Waals surface area contributed by atoms with Crippen molar-refractivity contribution in [2.45, 2.75) is 19.9 Å². The summed E-state index contributed by atoms with van der Waals surface area (Å²) in [6.45, 7) is 4.44. The minimum absolute atomic E-state index is 0.0293. The molecule has 122 valence electrons. The van der Waals surface area contributed by atoms with E-state index in [1.54, 1.807) is 31.2 Å². The van der Waals surface area contributed by atoms with E-state index in [0.717, 1.165) is 4.90 Å². The van der Waals surface area contributed by atoms with Gasteiger partial charge in [-0.2, -0.15) is 0 Å². The third-order valence-electron chi connectivity index (χ3n) is 3.44. The number of hydrogen-bond acceptors (Lipinski definition) is 3. The van der Waals surface area contributed by atoms with Crippen LogP contribution in [0.5, 0.6) is 5.75 Å². The fourth-order valence-electron chi connectivity index (χ4n) is 1.91. The van der Waals surface area contributed by atoms with E-state index < -0.39 is 0 Å². The van der Waals surface area contributed by atoms with Crippen LogP contribution in [0.3, 0.4) is 0 Å². The molecule has 2 amide bonds. The molecule has 0 saturated heterocycles. The van der Waals surface area contributed by atoms with Crippen LogP contribution in [0.2, 0.25) is 0 Å². The van der Waals surface area contributed by atoms with Gasteiger partial charge in [0, 0.05) is 24.8 Å². The van der Waals surface area contributed by atoms with E-state index in [0.29, 0.717) is 18.0 Å². The van der Waals surface area contributed by atoms with E-state index in [1.165, 1.54) is 0 Å². The number of anilines is 1. The summed E-state index contributed by atoms with van der Waals surface area (Å²) in [7, 11) is 5.18. The maximum atomic E-state index is 12.0. The second kappa shape index (κ2) is 8.38. The zero-order chi connectivity index (χ0) is 16.7. The van der Waals surface area contributed by atoms with Gasteiger partial charge < -0.3 is 19.9 Å². The van der Waals surface area contributed by atoms with Gasteiger partial charge in [0.1, 0.15) is 5.75 Å². The van der Waals surface area contributed by atoms with Crippen molar-refractivity contribution >= 4 is 17.5 Å². The number of nitrogens with zero attached hydrogens (tertiary/aromatic N) is 1. The second-order valence-corrected chi connectivity index (χ2v) is 5.69. The first-order chi connectivity index (χ1) is 10.3. The molecule has 0 aliphatic carbocycles. The highest BCUT2D eigenvalue weighted by molar-refractivity contribution is 5.91. The first-order valence-electron chi connectivity index (χ1n) is 7.34. The van der Waals surface area contributed by atoms with Crippen molar-refractivity contribution < 1.29 is 19.2 Å². The summed E-state index contributed by atoms with van der Waals surface area (Å²) >= 11 is 0. The Hall–Kier alpha value is -2.08. The smallest absolute Gasteiger partial charge is 0.279 e. The highest BCUT2D eigenvalue weighted by atomic mass is 16.5. The highest BCUT2D eigenvalue weighted by Gasteiger charge is 2.18. The van der Waals surface area contributed by atoms with Crippen LogP contribution in [0.1, 0.15) is 13.8 Å². The molecule has 0 saturated carbocycles. The normalized spacial score (nSPS) is 11.9. The van der Waals surface area contributed by atoms with Crippen LogP contribution in [-0.4, -0.2) is 57.1 Å². The van der Waals surface area contributed by atoms with Gasteiger partial charge in [-0.15, -0.1) is 0 Å². The van der Waals surface area contributed by atoms with Gasteiger partial charge in [-0.05, 0) is 26.0 Å². The topological polar surface area (TPSA) is 63.1 Å². The molecule has 1 atom stereocenters. The lowest BCUT2D eigenvalue weighted by Gasteiger charge is -2.23. The van der Waals surface area contributed by atoms with Crippen LogP contribution in [-0.2, 0) is 9.59 Å². The number of methoxy groups -OCH3 is 1. The number of benzene rings is 1. The largest absolute Gasteiger partial charge is 0.497 e. The van der Waals surface area contributed by atoms with E-state index in [1.807, 2.05) is 33.0 Å². The van der Waals surface area contributed by atoms with Gasteiger partial charge in [0.15, 0.2) is 13.1 Å². The average molecular weight is 308 g/mol. The van der Waals surface area contributed by atoms with Crippen molar-refractivity contribution in [1.82, 2.24) is 4.90 Å². The summed E-state index contributed by atoms with van der Waals surface area (Å²) in [5.41, 5.74) is 0.683. The number of amides is 2. The first-order valence-corrected chi connectivity index (χ1v) is 7.34. The van der Waals surface area contributed by atoms with Crippen LogP contribution in [0.25, 0.3) is 0 Å². The molecule has 1 aromatic carbocycles. The van der Waals surface area contributed by atoms with E-state index in [4.69, 9.17) is 4.74 Å². The van der Waals surface area contributed by atoms with Gasteiger partial charge in [0.2, 0.25) is 0 Å². The Labute approximate surface area is 132 Å². The quantitative estimate of drug-likeness (QED) is 0.746. The maximum Gasteiger partial charge on any atom is 0.279 e. The maximum absolute atomic E-state index is 12.0. The van der Waals surface area contributed by atoms with Crippen LogP contribution < -0.4 is 15.0 Å². The number of carbonyl (C=O) groups is 2. The Bertz CT molecular complexity index is 517. The van der Waals surface area contributed by atoms with Crippen LogP contribution in [0, 0.1) is 0 Å². The van der Waals surface area contributed by atoms with Crippen LogP contribution >= 0.6 is 0 Å². The van der Waals surface area contributed by atoms with Crippen molar-refractivity contribution in [1.29, 1.82) is 0 Å². The van der Waals surface area contributed by atoms with Gasteiger partial charge in [-0.3, -0.25) is 9.59 Å². The molecule has 0 aromatic heterocycles. The van der Waals surface area contributed by atoms with E-state index >= 15 is 0 Å². The highest BCUT2D eigenvalue weighted by Crippen LogP contribution is 2.16. The monoisotopic (exact) mass is 308 g/mol. The van der Waals surface area contributed by atoms with Crippen LogP contribution in [0.15, 0.2) is 24.3 Å². The second-order valence-electron chi connectivity index (χ2n) is 5.69. The summed E-state index contributed by atoms with van der Waals surface area (Å²) in [6, 6.07) is 7.34. The van der Waals surface area contributed by atoms with E-state index in [-0.39, 0.29) is 24.4 Å². The Balaban J connectivity index is 2.48. The number of nitrogens with one attached hydrogen (secondary N) is 2. The molecule has 6 heteroatoms. The molecule has 0 heterocycles. The van der Waals surface area contributed by atoms with Gasteiger partial charge >= 0.3 is 0 Å². The predicted molar refractivity (Wildman–Crippen MR) is 86.2 cm³/mol. The lowest BCUT2D eigenvalue weighted by Crippen LogP contribution is -3.11. The molecular formula is C16H26N3O3+. The summed E-state index contributed by atoms with van der Waals surface area (Å²) < 4.78 is 5.11. The van der Waals surface area contributed by atoms with Gasteiger partial charge in [-0.25, -0.2) is 0 Å². The zero-order valence-corrected chi connectivity index (χ0v) is 14.0. The summed E-state index contributed by atoms with van der Waals surface area (Å²) in [4.78, 5) is 26.5. The lowest BCUT2D eigenvalue weighted by atomic mass is 10.3. The third-order valence-corrected chi connectivity index (χ3v) is 3.44. The summed E-state index contributed by atoms with van der Waals surface area (Å²) in [5.74, 6) is 0.583. The molecule has 0 aliphatic heterocycles. The Morgan fingerprint density at radius 1 is 1.32 bits per heavy atom. The van der Waals surface area contributed by atoms with Gasteiger partial charge in [0.25, 0.3) is 11.8 Å². The minimum atomic E-state index is -0.134. The number of ether oxygens (including phenoxy) is 1. The first kappa shape index (κ1) is 18.0. The molecule has 0 bridgehead atoms. The molecule has 6 nitrogen and oxygen atoms in total. The molecule has 1 aromatic rings. The van der Waals surface area contributed by atoms with Crippen molar-refractivity contribution in [2.75, 3.05) is 39.6 Å². The SMILES string of the molecule is COc1cccc(NC(=O)C[NH+](C)CC(=O)N(C)C(C)C)c1. The minimum Gasteiger partial charge on any atom is -0.497 e. The van der Waals surface area contributed by atoms with E-state index in [9.17, 15) is 9.59 Å². The number of likely N-dealkylation sites (N-methyl/N-ethyl adjacent to an activating group) is 2. The van der Waals surface area contributed by atoms with Crippen LogP contribution in [0.4, 0.5) is 5.69 Å². The molecular weight excluding hydrogens is 282 g/mol. The number of carbonyl (C=O) groups excluding carboxylic acids is 2. The summed E-state index contributed by atoms with van der Waals surface area (Å²) in [5, 5.41) is 2.81. The lowest BCUT2D eigenvalue weighted by molar-refractivity contribution is -0.862. The Kier molecular flexibility index (Phi) is 6.85. The molecule has 22 heavy (non-hydrogen) atoms. The number of quaternary nitrogens is 1. The predicted octanol–water partition coefficient (Wildman–Crippen LogP) is 0.0152. The number of hydrogen-bond donors (Lipinski definition) is 2. The molecule has 0 fully saturated rings. The van der Waals surface area contributed by atoms with Gasteiger partial charge in [-0.1, -0.05) is 6.07 Å².